The molecule has 3 fully saturated rings. The molecule has 7 heterocycles. The number of rotatable bonds is 10. The fourth-order valence-electron chi connectivity index (χ4n) is 8.43. The zero-order valence-corrected chi connectivity index (χ0v) is 34.1. The first-order valence-electron chi connectivity index (χ1n) is 24.2. The first kappa shape index (κ1) is 33.2. The number of aromatic nitrogens is 5. The number of carbonyl (C=O) groups is 4. The van der Waals surface area contributed by atoms with Crippen LogP contribution in [0.3, 0.4) is 0 Å². The molecule has 4 aliphatic rings. The van der Waals surface area contributed by atoms with E-state index in [0.717, 1.165) is 11.8 Å². The van der Waals surface area contributed by atoms with Crippen LogP contribution in [0.15, 0.2) is 42.7 Å². The summed E-state index contributed by atoms with van der Waals surface area (Å²) in [4.78, 5) is 70.8. The number of fused-ring (bicyclic) bond motifs is 2. The van der Waals surface area contributed by atoms with Crippen molar-refractivity contribution in [1.29, 1.82) is 0 Å². The minimum atomic E-state index is -3.66. The molecule has 0 spiro atoms. The SMILES string of the molecule is [2H]C1([2H])N(CC2CCN(Cc3ccc(Nc4ncc(F)c(-c5cc(F)c6nc(C)n(C(C)C)c6c5)n4)nc3)CC2)C([2H])([2H])C([2H])([2H])N(c2cc3c(c(F)c2F)C(=O)N(C2CCC(=O)NC2=O)C3=O)C1([2H])[2H]. The number of anilines is 3. The molecule has 4 aliphatic heterocycles. The maximum atomic E-state index is 16.1. The first-order valence-corrected chi connectivity index (χ1v) is 20.2. The highest BCUT2D eigenvalue weighted by molar-refractivity contribution is 6.24. The number of amides is 4. The minimum Gasteiger partial charge on any atom is -0.366 e. The predicted molar refractivity (Wildman–Crippen MR) is 223 cm³/mol. The summed E-state index contributed by atoms with van der Waals surface area (Å²) in [7, 11) is 0. The highest BCUT2D eigenvalue weighted by Crippen LogP contribution is 2.36. The Morgan fingerprint density at radius 2 is 1.63 bits per heavy atom. The molecule has 3 saturated heterocycles. The van der Waals surface area contributed by atoms with Gasteiger partial charge >= 0.3 is 0 Å². The average Bonchev–Trinajstić information content (AvgIpc) is 3.77. The summed E-state index contributed by atoms with van der Waals surface area (Å²) >= 11 is 0. The lowest BCUT2D eigenvalue weighted by molar-refractivity contribution is -0.136. The first-order chi connectivity index (χ1) is 33.3. The Labute approximate surface area is 370 Å². The van der Waals surface area contributed by atoms with Crippen molar-refractivity contribution in [2.45, 2.75) is 65.1 Å². The maximum absolute atomic E-state index is 16.1. The Hall–Kier alpha value is -6.34. The molecule has 2 aromatic carbocycles. The number of piperidine rings is 2. The van der Waals surface area contributed by atoms with E-state index >= 15 is 17.6 Å². The predicted octanol–water partition coefficient (Wildman–Crippen LogP) is 5.51. The van der Waals surface area contributed by atoms with Crippen molar-refractivity contribution in [2.75, 3.05) is 55.8 Å². The third-order valence-corrected chi connectivity index (χ3v) is 11.5. The molecule has 1 unspecified atom stereocenters. The summed E-state index contributed by atoms with van der Waals surface area (Å²) in [5, 5.41) is 4.90. The number of nitrogens with one attached hydrogen (secondary N) is 2. The van der Waals surface area contributed by atoms with Crippen molar-refractivity contribution in [3.63, 3.8) is 0 Å². The van der Waals surface area contributed by atoms with Crippen molar-refractivity contribution in [1.82, 2.24) is 44.5 Å². The number of imidazole rings is 1. The third kappa shape index (κ3) is 7.99. The zero-order chi connectivity index (χ0) is 51.4. The van der Waals surface area contributed by atoms with E-state index in [1.807, 2.05) is 23.7 Å². The van der Waals surface area contributed by atoms with Crippen molar-refractivity contribution in [3.05, 3.63) is 88.5 Å². The molecular formula is C44H45F4N11O4. The van der Waals surface area contributed by atoms with E-state index in [4.69, 9.17) is 11.0 Å². The lowest BCUT2D eigenvalue weighted by Crippen LogP contribution is -2.54. The summed E-state index contributed by atoms with van der Waals surface area (Å²) in [5.41, 5.74) is -1.93. The van der Waals surface area contributed by atoms with E-state index in [9.17, 15) is 19.2 Å². The van der Waals surface area contributed by atoms with Gasteiger partial charge in [0, 0.05) is 68.8 Å². The van der Waals surface area contributed by atoms with Crippen LogP contribution in [0, 0.1) is 36.1 Å². The molecule has 328 valence electrons. The quantitative estimate of drug-likeness (QED) is 0.134. The molecule has 0 radical (unpaired) electrons. The molecular weight excluding hydrogens is 823 g/mol. The van der Waals surface area contributed by atoms with Gasteiger partial charge in [-0.15, -0.1) is 0 Å². The van der Waals surface area contributed by atoms with Crippen molar-refractivity contribution < 1.29 is 47.7 Å². The van der Waals surface area contributed by atoms with Gasteiger partial charge in [-0.2, -0.15) is 0 Å². The van der Waals surface area contributed by atoms with Gasteiger partial charge in [-0.25, -0.2) is 37.5 Å². The maximum Gasteiger partial charge on any atom is 0.265 e. The van der Waals surface area contributed by atoms with Crippen LogP contribution in [0.1, 0.15) is 88.6 Å². The summed E-state index contributed by atoms with van der Waals surface area (Å²) in [6.45, 7) is -7.84. The lowest BCUT2D eigenvalue weighted by Gasteiger charge is -2.39. The number of pyridine rings is 1. The second-order valence-electron chi connectivity index (χ2n) is 16.0. The number of benzene rings is 2. The van der Waals surface area contributed by atoms with E-state index in [1.54, 1.807) is 31.3 Å². The number of hydrogen-bond acceptors (Lipinski definition) is 12. The fraction of sp³-hybridized carbons (Fsp3) is 0.409. The highest BCUT2D eigenvalue weighted by Gasteiger charge is 2.47. The molecule has 1 atom stereocenters. The van der Waals surface area contributed by atoms with Gasteiger partial charge in [0.25, 0.3) is 11.8 Å². The normalized spacial score (nSPS) is 24.2. The van der Waals surface area contributed by atoms with Crippen molar-refractivity contribution in [3.8, 4) is 11.3 Å². The number of nitrogens with zero attached hydrogens (tertiary/aromatic N) is 9. The van der Waals surface area contributed by atoms with Gasteiger partial charge in [0.2, 0.25) is 17.8 Å². The monoisotopic (exact) mass is 875 g/mol. The third-order valence-electron chi connectivity index (χ3n) is 11.5. The number of aryl methyl sites for hydroxylation is 1. The van der Waals surface area contributed by atoms with Gasteiger partial charge in [0.05, 0.1) is 34.0 Å². The molecule has 0 saturated carbocycles. The molecule has 5 aromatic rings. The molecule has 63 heavy (non-hydrogen) atoms. The summed E-state index contributed by atoms with van der Waals surface area (Å²) in [6, 6.07) is 5.06. The zero-order valence-electron chi connectivity index (χ0n) is 42.1. The lowest BCUT2D eigenvalue weighted by atomic mass is 9.95. The van der Waals surface area contributed by atoms with Crippen LogP contribution in [0.5, 0.6) is 0 Å². The van der Waals surface area contributed by atoms with Crippen LogP contribution < -0.4 is 15.5 Å². The Balaban J connectivity index is 0.861. The number of imide groups is 2. The number of halogens is 4. The molecule has 0 bridgehead atoms. The number of piperazine rings is 1. The van der Waals surface area contributed by atoms with E-state index in [0.29, 0.717) is 65.5 Å². The van der Waals surface area contributed by atoms with Crippen LogP contribution in [0.2, 0.25) is 0 Å². The van der Waals surface area contributed by atoms with Gasteiger partial charge in [-0.1, -0.05) is 6.07 Å². The van der Waals surface area contributed by atoms with E-state index < -0.39 is 108 Å². The van der Waals surface area contributed by atoms with Gasteiger partial charge < -0.3 is 14.8 Å². The number of hydrogen-bond donors (Lipinski definition) is 2. The second-order valence-corrected chi connectivity index (χ2v) is 16.0. The van der Waals surface area contributed by atoms with Crippen LogP contribution in [0.25, 0.3) is 22.3 Å². The smallest absolute Gasteiger partial charge is 0.265 e. The summed E-state index contributed by atoms with van der Waals surface area (Å²) in [6.07, 6.45) is 2.64. The molecule has 3 aromatic heterocycles. The van der Waals surface area contributed by atoms with Crippen LogP contribution >= 0.6 is 0 Å². The molecule has 15 nitrogen and oxygen atoms in total. The molecule has 9 rings (SSSR count). The van der Waals surface area contributed by atoms with Crippen LogP contribution in [-0.4, -0.2) is 114 Å². The Morgan fingerprint density at radius 1 is 0.873 bits per heavy atom. The van der Waals surface area contributed by atoms with Gasteiger partial charge in [-0.3, -0.25) is 39.2 Å². The highest BCUT2D eigenvalue weighted by atomic mass is 19.2. The standard InChI is InChI=1S/C44H45F4N11O4/c1-23(2)58-24(3)51-40-29(45)16-27(17-33(40)58)39-30(46)20-50-44(54-39)52-34-6-4-26(19-49-34)22-55-10-8-25(9-11-55)21-56-12-14-57(15-13-56)32-18-28-36(38(48)37(32)47)43(63)59(42(28)62)31-5-7-35(60)53-41(31)61/h4,6,16-20,23,25,31H,5,7-15,21-22H2,1-3H3,(H,53,60,61)(H,49,50,52,54)/i12D2,13D2,14D2,15D2. The second kappa shape index (κ2) is 16.7. The number of likely N-dealkylation sites (tertiary alicyclic amines) is 1. The molecule has 2 N–H and O–H groups in total. The van der Waals surface area contributed by atoms with Crippen molar-refractivity contribution in [2.24, 2.45) is 5.92 Å². The van der Waals surface area contributed by atoms with Crippen LogP contribution in [-0.2, 0) is 16.1 Å². The Kier molecular flexibility index (Phi) is 8.84. The van der Waals surface area contributed by atoms with Gasteiger partial charge in [0.1, 0.15) is 28.9 Å². The molecule has 4 amide bonds. The summed E-state index contributed by atoms with van der Waals surface area (Å²) < 4.78 is 136. The van der Waals surface area contributed by atoms with Gasteiger partial charge in [0.15, 0.2) is 23.3 Å². The minimum absolute atomic E-state index is 0.00709. The van der Waals surface area contributed by atoms with E-state index in [-0.39, 0.29) is 46.5 Å². The average molecular weight is 876 g/mol. The Morgan fingerprint density at radius 3 is 2.33 bits per heavy atom. The van der Waals surface area contributed by atoms with Crippen LogP contribution in [0.4, 0.5) is 35.0 Å². The van der Waals surface area contributed by atoms with E-state index in [1.165, 1.54) is 6.07 Å². The Bertz CT molecular complexity index is 3020. The van der Waals surface area contributed by atoms with E-state index in [2.05, 4.69) is 30.2 Å². The molecule has 19 heteroatoms. The fourth-order valence-corrected chi connectivity index (χ4v) is 8.43. The molecule has 0 aliphatic carbocycles. The van der Waals surface area contributed by atoms with Crippen molar-refractivity contribution >= 4 is 52.1 Å². The topological polar surface area (TPSA) is 162 Å². The van der Waals surface area contributed by atoms with Gasteiger partial charge in [-0.05, 0) is 88.9 Å². The number of carbonyl (C=O) groups excluding carboxylic acids is 4. The largest absolute Gasteiger partial charge is 0.366 e. The summed E-state index contributed by atoms with van der Waals surface area (Å²) in [5.74, 6) is -9.57.